The number of ether oxygens (including phenoxy) is 1. The zero-order chi connectivity index (χ0) is 16.9. The van der Waals surface area contributed by atoms with Crippen LogP contribution in [0.2, 0.25) is 0 Å². The molecule has 2 unspecified atom stereocenters. The third kappa shape index (κ3) is 4.06. The van der Waals surface area contributed by atoms with Crippen LogP contribution in [0.25, 0.3) is 0 Å². The molecular weight excluding hydrogens is 306 g/mol. The van der Waals surface area contributed by atoms with E-state index in [9.17, 15) is 9.59 Å². The molecule has 130 valence electrons. The Kier molecular flexibility index (Phi) is 5.35. The van der Waals surface area contributed by atoms with Crippen molar-refractivity contribution < 1.29 is 14.3 Å². The minimum Gasteiger partial charge on any atom is -0.376 e. The predicted octanol–water partition coefficient (Wildman–Crippen LogP) is 2.29. The molecular formula is C18H25N3O3. The quantitative estimate of drug-likeness (QED) is 0.889. The number of hydrogen-bond donors (Lipinski definition) is 2. The van der Waals surface area contributed by atoms with Gasteiger partial charge in [-0.15, -0.1) is 0 Å². The standard InChI is InChI=1S/C18H25N3O3/c1-13-5-2-6-14(11-13)20-18(23)21-9-3-8-16(21)17(22)19-12-15-7-4-10-24-15/h2,5-6,11,15-16H,3-4,7-10,12H2,1H3,(H,19,22)(H,20,23). The van der Waals surface area contributed by atoms with Gasteiger partial charge in [0, 0.05) is 25.4 Å². The van der Waals surface area contributed by atoms with E-state index in [1.165, 1.54) is 0 Å². The summed E-state index contributed by atoms with van der Waals surface area (Å²) in [5.74, 6) is -0.0811. The van der Waals surface area contributed by atoms with Crippen LogP contribution < -0.4 is 10.6 Å². The van der Waals surface area contributed by atoms with E-state index in [1.807, 2.05) is 31.2 Å². The van der Waals surface area contributed by atoms with Crippen molar-refractivity contribution in [2.24, 2.45) is 0 Å². The second-order valence-corrected chi connectivity index (χ2v) is 6.53. The first-order valence-corrected chi connectivity index (χ1v) is 8.67. The molecule has 1 aromatic rings. The van der Waals surface area contributed by atoms with Gasteiger partial charge in [0.15, 0.2) is 0 Å². The summed E-state index contributed by atoms with van der Waals surface area (Å²) in [5.41, 5.74) is 1.84. The molecule has 6 nitrogen and oxygen atoms in total. The van der Waals surface area contributed by atoms with Crippen molar-refractivity contribution in [3.05, 3.63) is 29.8 Å². The van der Waals surface area contributed by atoms with Gasteiger partial charge in [-0.05, 0) is 50.3 Å². The van der Waals surface area contributed by atoms with Gasteiger partial charge >= 0.3 is 6.03 Å². The average molecular weight is 331 g/mol. The molecule has 2 N–H and O–H groups in total. The summed E-state index contributed by atoms with van der Waals surface area (Å²) in [6.07, 6.45) is 3.71. The van der Waals surface area contributed by atoms with Crippen molar-refractivity contribution in [3.8, 4) is 0 Å². The van der Waals surface area contributed by atoms with Crippen molar-refractivity contribution in [3.63, 3.8) is 0 Å². The molecule has 3 rings (SSSR count). The van der Waals surface area contributed by atoms with Gasteiger partial charge in [-0.25, -0.2) is 4.79 Å². The van der Waals surface area contributed by atoms with Crippen LogP contribution in [-0.4, -0.2) is 48.7 Å². The molecule has 2 atom stereocenters. The zero-order valence-corrected chi connectivity index (χ0v) is 14.1. The number of carbonyl (C=O) groups excluding carboxylic acids is 2. The molecule has 0 saturated carbocycles. The number of benzene rings is 1. The highest BCUT2D eigenvalue weighted by atomic mass is 16.5. The Morgan fingerprint density at radius 1 is 1.29 bits per heavy atom. The first kappa shape index (κ1) is 16.8. The van der Waals surface area contributed by atoms with E-state index in [1.54, 1.807) is 4.90 Å². The zero-order valence-electron chi connectivity index (χ0n) is 14.1. The third-order valence-corrected chi connectivity index (χ3v) is 4.61. The average Bonchev–Trinajstić information content (AvgIpc) is 3.24. The molecule has 0 radical (unpaired) electrons. The molecule has 2 aliphatic rings. The van der Waals surface area contributed by atoms with Gasteiger partial charge in [0.2, 0.25) is 5.91 Å². The van der Waals surface area contributed by atoms with E-state index in [4.69, 9.17) is 4.74 Å². The summed E-state index contributed by atoms with van der Waals surface area (Å²) < 4.78 is 5.52. The summed E-state index contributed by atoms with van der Waals surface area (Å²) in [6, 6.07) is 7.05. The van der Waals surface area contributed by atoms with Crippen LogP contribution in [-0.2, 0) is 9.53 Å². The molecule has 6 heteroatoms. The molecule has 2 aliphatic heterocycles. The number of carbonyl (C=O) groups is 2. The number of aryl methyl sites for hydroxylation is 1. The summed E-state index contributed by atoms with van der Waals surface area (Å²) in [4.78, 5) is 26.6. The molecule has 24 heavy (non-hydrogen) atoms. The van der Waals surface area contributed by atoms with Crippen LogP contribution in [0.4, 0.5) is 10.5 Å². The van der Waals surface area contributed by atoms with Gasteiger partial charge < -0.3 is 20.3 Å². The minimum atomic E-state index is -0.392. The molecule has 0 aromatic heterocycles. The second-order valence-electron chi connectivity index (χ2n) is 6.53. The Hall–Kier alpha value is -2.08. The Balaban J connectivity index is 1.55. The van der Waals surface area contributed by atoms with Crippen molar-refractivity contribution in [1.29, 1.82) is 0 Å². The molecule has 3 amide bonds. The van der Waals surface area contributed by atoms with Crippen LogP contribution >= 0.6 is 0 Å². The minimum absolute atomic E-state index is 0.0811. The highest BCUT2D eigenvalue weighted by Gasteiger charge is 2.34. The largest absolute Gasteiger partial charge is 0.376 e. The summed E-state index contributed by atoms with van der Waals surface area (Å²) in [6.45, 7) is 3.89. The number of nitrogens with zero attached hydrogens (tertiary/aromatic N) is 1. The van der Waals surface area contributed by atoms with Crippen LogP contribution in [0.5, 0.6) is 0 Å². The fourth-order valence-corrected chi connectivity index (χ4v) is 3.34. The van der Waals surface area contributed by atoms with E-state index in [0.29, 0.717) is 19.5 Å². The van der Waals surface area contributed by atoms with E-state index in [0.717, 1.165) is 37.1 Å². The number of nitrogens with one attached hydrogen (secondary N) is 2. The summed E-state index contributed by atoms with van der Waals surface area (Å²) in [7, 11) is 0. The number of likely N-dealkylation sites (tertiary alicyclic amines) is 1. The van der Waals surface area contributed by atoms with Gasteiger partial charge in [0.05, 0.1) is 6.10 Å². The van der Waals surface area contributed by atoms with Gasteiger partial charge in [0.25, 0.3) is 0 Å². The monoisotopic (exact) mass is 331 g/mol. The topological polar surface area (TPSA) is 70.7 Å². The third-order valence-electron chi connectivity index (χ3n) is 4.61. The van der Waals surface area contributed by atoms with Crippen molar-refractivity contribution in [1.82, 2.24) is 10.2 Å². The van der Waals surface area contributed by atoms with Crippen LogP contribution in [0.15, 0.2) is 24.3 Å². The maximum Gasteiger partial charge on any atom is 0.322 e. The number of urea groups is 1. The number of rotatable bonds is 4. The fraction of sp³-hybridized carbons (Fsp3) is 0.556. The Bertz CT molecular complexity index is 599. The van der Waals surface area contributed by atoms with E-state index in [2.05, 4.69) is 10.6 Å². The molecule has 2 fully saturated rings. The Labute approximate surface area is 142 Å². The van der Waals surface area contributed by atoms with E-state index < -0.39 is 6.04 Å². The van der Waals surface area contributed by atoms with Crippen molar-refractivity contribution >= 4 is 17.6 Å². The van der Waals surface area contributed by atoms with Crippen molar-refractivity contribution in [2.45, 2.75) is 44.8 Å². The molecule has 0 bridgehead atoms. The number of hydrogen-bond acceptors (Lipinski definition) is 3. The molecule has 2 saturated heterocycles. The summed E-state index contributed by atoms with van der Waals surface area (Å²) in [5, 5.41) is 5.83. The lowest BCUT2D eigenvalue weighted by Crippen LogP contribution is -2.48. The lowest BCUT2D eigenvalue weighted by Gasteiger charge is -2.25. The second kappa shape index (κ2) is 7.66. The molecule has 1 aromatic carbocycles. The number of amides is 3. The fourth-order valence-electron chi connectivity index (χ4n) is 3.34. The normalized spacial score (nSPS) is 23.3. The highest BCUT2D eigenvalue weighted by Crippen LogP contribution is 2.20. The van der Waals surface area contributed by atoms with Crippen LogP contribution in [0.1, 0.15) is 31.2 Å². The van der Waals surface area contributed by atoms with Gasteiger partial charge in [-0.2, -0.15) is 0 Å². The van der Waals surface area contributed by atoms with E-state index in [-0.39, 0.29) is 18.0 Å². The van der Waals surface area contributed by atoms with Crippen LogP contribution in [0.3, 0.4) is 0 Å². The highest BCUT2D eigenvalue weighted by molar-refractivity contribution is 5.94. The maximum absolute atomic E-state index is 12.5. The molecule has 2 heterocycles. The van der Waals surface area contributed by atoms with Gasteiger partial charge in [0.1, 0.15) is 6.04 Å². The predicted molar refractivity (Wildman–Crippen MR) is 91.9 cm³/mol. The van der Waals surface area contributed by atoms with Gasteiger partial charge in [-0.1, -0.05) is 12.1 Å². The molecule has 0 aliphatic carbocycles. The Morgan fingerprint density at radius 2 is 2.17 bits per heavy atom. The SMILES string of the molecule is Cc1cccc(NC(=O)N2CCCC2C(=O)NCC2CCCO2)c1. The molecule has 0 spiro atoms. The first-order chi connectivity index (χ1) is 11.6. The smallest absolute Gasteiger partial charge is 0.322 e. The lowest BCUT2D eigenvalue weighted by atomic mass is 10.2. The maximum atomic E-state index is 12.5. The summed E-state index contributed by atoms with van der Waals surface area (Å²) >= 11 is 0. The van der Waals surface area contributed by atoms with E-state index >= 15 is 0 Å². The Morgan fingerprint density at radius 3 is 2.92 bits per heavy atom. The lowest BCUT2D eigenvalue weighted by molar-refractivity contribution is -0.125. The number of anilines is 1. The van der Waals surface area contributed by atoms with Gasteiger partial charge in [-0.3, -0.25) is 4.79 Å². The first-order valence-electron chi connectivity index (χ1n) is 8.67. The van der Waals surface area contributed by atoms with Crippen molar-refractivity contribution in [2.75, 3.05) is 25.0 Å². The van der Waals surface area contributed by atoms with Crippen LogP contribution in [0, 0.1) is 6.92 Å².